The van der Waals surface area contributed by atoms with Gasteiger partial charge in [0.25, 0.3) is 0 Å². The highest BCUT2D eigenvalue weighted by Crippen LogP contribution is 2.25. The maximum absolute atomic E-state index is 12.7. The van der Waals surface area contributed by atoms with Crippen molar-refractivity contribution in [2.75, 3.05) is 6.61 Å². The number of fused-ring (bicyclic) bond motifs is 1. The second-order valence-corrected chi connectivity index (χ2v) is 7.35. The molecule has 0 aliphatic carbocycles. The van der Waals surface area contributed by atoms with E-state index in [-0.39, 0.29) is 11.5 Å². The van der Waals surface area contributed by atoms with Crippen molar-refractivity contribution in [2.45, 2.75) is 37.4 Å². The molecule has 0 bridgehead atoms. The molecule has 0 spiro atoms. The fraction of sp³-hybridized carbons (Fsp3) is 0.333. The summed E-state index contributed by atoms with van der Waals surface area (Å²) >= 11 is 0. The Labute approximate surface area is 156 Å². The number of aromatic amines is 1. The van der Waals surface area contributed by atoms with Crippen LogP contribution in [-0.4, -0.2) is 31.9 Å². The number of ether oxygens (including phenoxy) is 1. The summed E-state index contributed by atoms with van der Waals surface area (Å²) < 4.78 is 54.6. The third kappa shape index (κ3) is 4.47. The van der Waals surface area contributed by atoms with Crippen molar-refractivity contribution in [3.05, 3.63) is 47.3 Å². The zero-order valence-electron chi connectivity index (χ0n) is 14.8. The van der Waals surface area contributed by atoms with E-state index in [1.807, 2.05) is 25.1 Å². The van der Waals surface area contributed by atoms with Crippen molar-refractivity contribution < 1.29 is 22.1 Å². The molecule has 1 aromatic carbocycles. The monoisotopic (exact) mass is 397 g/mol. The van der Waals surface area contributed by atoms with Crippen LogP contribution in [0.2, 0.25) is 0 Å². The number of benzene rings is 1. The predicted molar refractivity (Wildman–Crippen MR) is 96.1 cm³/mol. The largest absolute Gasteiger partial charge is 0.484 e. The summed E-state index contributed by atoms with van der Waals surface area (Å²) in [5.74, 6) is 0.100. The number of rotatable bonds is 6. The van der Waals surface area contributed by atoms with Gasteiger partial charge in [-0.15, -0.1) is 0 Å². The molecule has 1 unspecified atom stereocenters. The van der Waals surface area contributed by atoms with Crippen LogP contribution in [0.4, 0.5) is 13.2 Å². The predicted octanol–water partition coefficient (Wildman–Crippen LogP) is 4.08. The SMILES string of the molecule is CCc1cccc2[nH]c(S(=O)Cc3nccc(OCC(F)(F)F)c3C)nc12. The first-order valence-electron chi connectivity index (χ1n) is 8.28. The number of imidazole rings is 1. The average molecular weight is 397 g/mol. The second-order valence-electron chi connectivity index (χ2n) is 5.98. The van der Waals surface area contributed by atoms with Crippen LogP contribution in [0.25, 0.3) is 11.0 Å². The van der Waals surface area contributed by atoms with Crippen molar-refractivity contribution in [1.29, 1.82) is 0 Å². The topological polar surface area (TPSA) is 67.9 Å². The highest BCUT2D eigenvalue weighted by atomic mass is 32.2. The van der Waals surface area contributed by atoms with E-state index in [0.717, 1.165) is 23.0 Å². The highest BCUT2D eigenvalue weighted by Gasteiger charge is 2.29. The maximum Gasteiger partial charge on any atom is 0.422 e. The number of pyridine rings is 1. The Morgan fingerprint density at radius 3 is 2.74 bits per heavy atom. The van der Waals surface area contributed by atoms with Crippen LogP contribution >= 0.6 is 0 Å². The van der Waals surface area contributed by atoms with Crippen LogP contribution in [0.1, 0.15) is 23.7 Å². The molecular formula is C18H18F3N3O2S. The van der Waals surface area contributed by atoms with E-state index in [1.165, 1.54) is 12.3 Å². The number of halogens is 3. The van der Waals surface area contributed by atoms with E-state index in [4.69, 9.17) is 4.74 Å². The number of aromatic nitrogens is 3. The molecule has 9 heteroatoms. The van der Waals surface area contributed by atoms with Crippen LogP contribution in [0, 0.1) is 6.92 Å². The standard InChI is InChI=1S/C18H18F3N3O2S/c1-3-12-5-4-6-13-16(12)24-17(23-13)27(25)9-14-11(2)15(7-8-22-14)26-10-18(19,20)21/h4-8H,3,9-10H2,1-2H3,(H,23,24). The molecule has 1 N–H and O–H groups in total. The van der Waals surface area contributed by atoms with Gasteiger partial charge in [-0.3, -0.25) is 9.19 Å². The fourth-order valence-corrected chi connectivity index (χ4v) is 3.77. The van der Waals surface area contributed by atoms with Gasteiger partial charge in [0, 0.05) is 11.8 Å². The van der Waals surface area contributed by atoms with Crippen molar-refractivity contribution in [2.24, 2.45) is 0 Å². The molecule has 2 heterocycles. The van der Waals surface area contributed by atoms with Gasteiger partial charge >= 0.3 is 6.18 Å². The molecule has 3 rings (SSSR count). The summed E-state index contributed by atoms with van der Waals surface area (Å²) in [4.78, 5) is 11.6. The number of nitrogens with one attached hydrogen (secondary N) is 1. The molecule has 3 aromatic rings. The molecule has 144 valence electrons. The number of nitrogens with zero attached hydrogens (tertiary/aromatic N) is 2. The lowest BCUT2D eigenvalue weighted by atomic mass is 10.1. The lowest BCUT2D eigenvalue weighted by molar-refractivity contribution is -0.153. The average Bonchev–Trinajstić information content (AvgIpc) is 3.06. The minimum absolute atomic E-state index is 0.0241. The smallest absolute Gasteiger partial charge is 0.422 e. The van der Waals surface area contributed by atoms with Gasteiger partial charge in [0.05, 0.1) is 33.3 Å². The first-order valence-corrected chi connectivity index (χ1v) is 9.60. The van der Waals surface area contributed by atoms with E-state index in [9.17, 15) is 17.4 Å². The number of alkyl halides is 3. The molecule has 0 amide bonds. The van der Waals surface area contributed by atoms with Gasteiger partial charge in [0.15, 0.2) is 11.8 Å². The molecular weight excluding hydrogens is 379 g/mol. The quantitative estimate of drug-likeness (QED) is 0.681. The molecule has 0 saturated heterocycles. The van der Waals surface area contributed by atoms with Crippen LogP contribution in [-0.2, 0) is 23.0 Å². The molecule has 0 aliphatic heterocycles. The molecule has 1 atom stereocenters. The minimum atomic E-state index is -4.43. The van der Waals surface area contributed by atoms with Crippen LogP contribution < -0.4 is 4.74 Å². The summed E-state index contributed by atoms with van der Waals surface area (Å²) in [7, 11) is -1.52. The van der Waals surface area contributed by atoms with Gasteiger partial charge < -0.3 is 9.72 Å². The third-order valence-corrected chi connectivity index (χ3v) is 5.25. The Balaban J connectivity index is 1.82. The molecule has 0 aliphatic rings. The third-order valence-electron chi connectivity index (χ3n) is 4.09. The van der Waals surface area contributed by atoms with E-state index in [1.54, 1.807) is 6.92 Å². The first-order chi connectivity index (χ1) is 12.8. The van der Waals surface area contributed by atoms with Gasteiger partial charge in [-0.2, -0.15) is 13.2 Å². The van der Waals surface area contributed by atoms with Crippen LogP contribution in [0.3, 0.4) is 0 Å². The van der Waals surface area contributed by atoms with Gasteiger partial charge in [-0.25, -0.2) is 4.98 Å². The zero-order valence-corrected chi connectivity index (χ0v) is 15.6. The minimum Gasteiger partial charge on any atom is -0.484 e. The van der Waals surface area contributed by atoms with Gasteiger partial charge in [0.2, 0.25) is 0 Å². The van der Waals surface area contributed by atoms with Gasteiger partial charge in [-0.1, -0.05) is 19.1 Å². The molecule has 0 fully saturated rings. The Hall–Kier alpha value is -2.42. The summed E-state index contributed by atoms with van der Waals surface area (Å²) in [6.07, 6.45) is -2.28. The summed E-state index contributed by atoms with van der Waals surface area (Å²) in [6.45, 7) is 2.22. The molecule has 0 radical (unpaired) electrons. The van der Waals surface area contributed by atoms with Gasteiger partial charge in [-0.05, 0) is 31.0 Å². The maximum atomic E-state index is 12.7. The van der Waals surface area contributed by atoms with Crippen LogP contribution in [0.5, 0.6) is 5.75 Å². The highest BCUT2D eigenvalue weighted by molar-refractivity contribution is 7.84. The Morgan fingerprint density at radius 2 is 2.04 bits per heavy atom. The normalized spacial score (nSPS) is 13.1. The van der Waals surface area contributed by atoms with Crippen LogP contribution in [0.15, 0.2) is 35.6 Å². The van der Waals surface area contributed by atoms with E-state index < -0.39 is 23.6 Å². The molecule has 2 aromatic heterocycles. The number of aryl methyl sites for hydroxylation is 1. The summed E-state index contributed by atoms with van der Waals surface area (Å²) in [5, 5.41) is 0.314. The lowest BCUT2D eigenvalue weighted by Gasteiger charge is -2.13. The number of H-pyrrole nitrogens is 1. The number of hydrogen-bond acceptors (Lipinski definition) is 4. The van der Waals surface area contributed by atoms with E-state index in [2.05, 4.69) is 15.0 Å². The summed E-state index contributed by atoms with van der Waals surface area (Å²) in [5.41, 5.74) is 3.45. The van der Waals surface area contributed by atoms with Crippen molar-refractivity contribution in [1.82, 2.24) is 15.0 Å². The molecule has 27 heavy (non-hydrogen) atoms. The Kier molecular flexibility index (Phi) is 5.50. The van der Waals surface area contributed by atoms with Crippen molar-refractivity contribution >= 4 is 21.8 Å². The fourth-order valence-electron chi connectivity index (χ4n) is 2.68. The Bertz CT molecular complexity index is 986. The lowest BCUT2D eigenvalue weighted by Crippen LogP contribution is -2.19. The van der Waals surface area contributed by atoms with E-state index in [0.29, 0.717) is 16.4 Å². The number of para-hydroxylation sites is 1. The second kappa shape index (κ2) is 7.67. The molecule has 0 saturated carbocycles. The summed E-state index contributed by atoms with van der Waals surface area (Å²) in [6, 6.07) is 7.09. The Morgan fingerprint density at radius 1 is 1.26 bits per heavy atom. The zero-order chi connectivity index (χ0) is 19.6. The van der Waals surface area contributed by atoms with Gasteiger partial charge in [0.1, 0.15) is 5.75 Å². The first kappa shape index (κ1) is 19.3. The number of hydrogen-bond donors (Lipinski definition) is 1. The van der Waals surface area contributed by atoms with Crippen molar-refractivity contribution in [3.8, 4) is 5.75 Å². The molecule has 5 nitrogen and oxygen atoms in total. The van der Waals surface area contributed by atoms with Crippen molar-refractivity contribution in [3.63, 3.8) is 0 Å². The van der Waals surface area contributed by atoms with E-state index >= 15 is 0 Å².